The number of hydrogen-bond acceptors (Lipinski definition) is 5. The van der Waals surface area contributed by atoms with Gasteiger partial charge in [0.25, 0.3) is 0 Å². The molecule has 0 amide bonds. The topological polar surface area (TPSA) is 68.5 Å². The number of halogens is 1. The first-order chi connectivity index (χ1) is 15.0. The number of nitrogens with zero attached hydrogens (tertiary/aromatic N) is 1. The van der Waals surface area contributed by atoms with Crippen LogP contribution in [0.2, 0.25) is 0 Å². The molecule has 0 unspecified atom stereocenters. The van der Waals surface area contributed by atoms with Crippen LogP contribution < -0.4 is 14.2 Å². The highest BCUT2D eigenvalue weighted by Gasteiger charge is 2.09. The van der Waals surface area contributed by atoms with Gasteiger partial charge in [0.1, 0.15) is 11.6 Å². The summed E-state index contributed by atoms with van der Waals surface area (Å²) in [5, 5.41) is 9.58. The van der Waals surface area contributed by atoms with Crippen LogP contribution in [0.4, 0.5) is 4.39 Å². The minimum absolute atomic E-state index is 0.0415. The molecule has 0 bridgehead atoms. The number of carbonyl (C=O) groups excluding carboxylic acids is 1. The van der Waals surface area contributed by atoms with Crippen LogP contribution in [0, 0.1) is 17.1 Å². The summed E-state index contributed by atoms with van der Waals surface area (Å²) in [7, 11) is 3.08. The van der Waals surface area contributed by atoms with Gasteiger partial charge in [0.2, 0.25) is 0 Å². The Balaban J connectivity index is 1.71. The first kappa shape index (κ1) is 21.6. The molecule has 0 atom stereocenters. The third-order valence-corrected chi connectivity index (χ3v) is 4.50. The monoisotopic (exact) mass is 417 g/mol. The van der Waals surface area contributed by atoms with Crippen molar-refractivity contribution in [1.82, 2.24) is 0 Å². The lowest BCUT2D eigenvalue weighted by atomic mass is 10.0. The van der Waals surface area contributed by atoms with Crippen molar-refractivity contribution in [3.8, 4) is 23.3 Å². The predicted molar refractivity (Wildman–Crippen MR) is 115 cm³/mol. The van der Waals surface area contributed by atoms with Crippen LogP contribution in [0.3, 0.4) is 0 Å². The summed E-state index contributed by atoms with van der Waals surface area (Å²) in [6.45, 7) is 0. The fraction of sp³-hybridized carbons (Fsp3) is 0.120. The molecule has 0 saturated carbocycles. The van der Waals surface area contributed by atoms with Gasteiger partial charge in [-0.1, -0.05) is 24.3 Å². The van der Waals surface area contributed by atoms with Crippen molar-refractivity contribution in [2.75, 3.05) is 14.2 Å². The number of methoxy groups -OCH3 is 2. The van der Waals surface area contributed by atoms with Crippen molar-refractivity contribution in [3.63, 3.8) is 0 Å². The number of ether oxygens (including phenoxy) is 3. The maximum atomic E-state index is 13.0. The molecule has 31 heavy (non-hydrogen) atoms. The van der Waals surface area contributed by atoms with Gasteiger partial charge in [-0.15, -0.1) is 0 Å². The molecule has 0 aliphatic carbocycles. The molecule has 3 aromatic carbocycles. The molecular formula is C25H20FNO4. The van der Waals surface area contributed by atoms with Gasteiger partial charge in [-0.25, -0.2) is 4.39 Å². The third-order valence-electron chi connectivity index (χ3n) is 4.50. The van der Waals surface area contributed by atoms with Crippen LogP contribution in [0.25, 0.3) is 11.6 Å². The average Bonchev–Trinajstić information content (AvgIpc) is 2.79. The zero-order valence-corrected chi connectivity index (χ0v) is 17.1. The number of nitriles is 1. The normalized spacial score (nSPS) is 10.8. The molecule has 3 aromatic rings. The minimum Gasteiger partial charge on any atom is -0.493 e. The van der Waals surface area contributed by atoms with Crippen LogP contribution in [0.5, 0.6) is 17.2 Å². The Labute approximate surface area is 179 Å². The third kappa shape index (κ3) is 5.71. The number of rotatable bonds is 7. The van der Waals surface area contributed by atoms with Gasteiger partial charge in [0.15, 0.2) is 11.5 Å². The maximum Gasteiger partial charge on any atom is 0.315 e. The fourth-order valence-electron chi connectivity index (χ4n) is 2.92. The molecule has 0 spiro atoms. The average molecular weight is 417 g/mol. The number of allylic oxidation sites excluding steroid dienone is 1. The first-order valence-electron chi connectivity index (χ1n) is 9.41. The second kappa shape index (κ2) is 10.1. The summed E-state index contributed by atoms with van der Waals surface area (Å²) in [4.78, 5) is 12.1. The molecule has 0 heterocycles. The van der Waals surface area contributed by atoms with Crippen LogP contribution >= 0.6 is 0 Å². The molecule has 0 aliphatic rings. The van der Waals surface area contributed by atoms with E-state index in [1.807, 2.05) is 0 Å². The number of carbonyl (C=O) groups is 1. The largest absolute Gasteiger partial charge is 0.493 e. The van der Waals surface area contributed by atoms with E-state index in [2.05, 4.69) is 6.07 Å². The van der Waals surface area contributed by atoms with E-state index in [1.54, 1.807) is 67.8 Å². The Kier molecular flexibility index (Phi) is 7.02. The molecule has 0 aromatic heterocycles. The van der Waals surface area contributed by atoms with Crippen molar-refractivity contribution in [2.45, 2.75) is 6.42 Å². The van der Waals surface area contributed by atoms with E-state index in [0.29, 0.717) is 33.9 Å². The highest BCUT2D eigenvalue weighted by Crippen LogP contribution is 2.31. The van der Waals surface area contributed by atoms with Gasteiger partial charge in [-0.05, 0) is 65.2 Å². The lowest BCUT2D eigenvalue weighted by Gasteiger charge is -2.09. The van der Waals surface area contributed by atoms with Crippen molar-refractivity contribution in [3.05, 3.63) is 89.2 Å². The SMILES string of the molecule is COc1ccc(/C(C#N)=C\c2ccc(OC(=O)Cc3ccc(F)cc3)cc2)cc1OC. The number of esters is 1. The summed E-state index contributed by atoms with van der Waals surface area (Å²) < 4.78 is 28.8. The van der Waals surface area contributed by atoms with Crippen LogP contribution in [0.15, 0.2) is 66.7 Å². The standard InChI is InChI=1S/C25H20FNO4/c1-29-23-12-7-19(15-24(23)30-2)20(16-27)13-17-5-10-22(11-6-17)31-25(28)14-18-3-8-21(26)9-4-18/h3-13,15H,14H2,1-2H3/b20-13-. The summed E-state index contributed by atoms with van der Waals surface area (Å²) in [5.74, 6) is 0.692. The van der Waals surface area contributed by atoms with Gasteiger partial charge in [0, 0.05) is 0 Å². The first-order valence-corrected chi connectivity index (χ1v) is 9.41. The van der Waals surface area contributed by atoms with E-state index in [9.17, 15) is 14.4 Å². The smallest absolute Gasteiger partial charge is 0.315 e. The highest BCUT2D eigenvalue weighted by atomic mass is 19.1. The number of hydrogen-bond donors (Lipinski definition) is 0. The molecule has 3 rings (SSSR count). The summed E-state index contributed by atoms with van der Waals surface area (Å²) in [5.41, 5.74) is 2.57. The van der Waals surface area contributed by atoms with E-state index in [4.69, 9.17) is 14.2 Å². The van der Waals surface area contributed by atoms with E-state index in [0.717, 1.165) is 5.56 Å². The molecule has 0 saturated heterocycles. The molecule has 0 radical (unpaired) electrons. The summed E-state index contributed by atoms with van der Waals surface area (Å²) in [6.07, 6.45) is 1.77. The Morgan fingerprint density at radius 1 is 0.968 bits per heavy atom. The van der Waals surface area contributed by atoms with E-state index in [-0.39, 0.29) is 12.2 Å². The molecular weight excluding hydrogens is 397 g/mol. The van der Waals surface area contributed by atoms with E-state index < -0.39 is 5.97 Å². The molecule has 6 heteroatoms. The van der Waals surface area contributed by atoms with E-state index >= 15 is 0 Å². The van der Waals surface area contributed by atoms with Crippen molar-refractivity contribution in [2.24, 2.45) is 0 Å². The molecule has 0 fully saturated rings. The van der Waals surface area contributed by atoms with E-state index in [1.165, 1.54) is 19.2 Å². The quantitative estimate of drug-likeness (QED) is 0.233. The Hall–Kier alpha value is -4.11. The van der Waals surface area contributed by atoms with Crippen molar-refractivity contribution >= 4 is 17.6 Å². The second-order valence-corrected chi connectivity index (χ2v) is 6.59. The zero-order chi connectivity index (χ0) is 22.2. The van der Waals surface area contributed by atoms with Crippen LogP contribution in [-0.2, 0) is 11.2 Å². The molecule has 5 nitrogen and oxygen atoms in total. The number of benzene rings is 3. The predicted octanol–water partition coefficient (Wildman–Crippen LogP) is 5.06. The summed E-state index contributed by atoms with van der Waals surface area (Å²) >= 11 is 0. The lowest BCUT2D eigenvalue weighted by Crippen LogP contribution is -2.11. The zero-order valence-electron chi connectivity index (χ0n) is 17.1. The van der Waals surface area contributed by atoms with Crippen molar-refractivity contribution < 1.29 is 23.4 Å². The van der Waals surface area contributed by atoms with Gasteiger partial charge in [-0.3, -0.25) is 4.79 Å². The summed E-state index contributed by atoms with van der Waals surface area (Å²) in [6, 6.07) is 19.9. The Morgan fingerprint density at radius 2 is 1.65 bits per heavy atom. The highest BCUT2D eigenvalue weighted by molar-refractivity contribution is 5.90. The van der Waals surface area contributed by atoms with Gasteiger partial charge >= 0.3 is 5.97 Å². The van der Waals surface area contributed by atoms with Crippen LogP contribution in [-0.4, -0.2) is 20.2 Å². The van der Waals surface area contributed by atoms with Gasteiger partial charge < -0.3 is 14.2 Å². The Bertz CT molecular complexity index is 1130. The minimum atomic E-state index is -0.446. The molecule has 0 N–H and O–H groups in total. The second-order valence-electron chi connectivity index (χ2n) is 6.59. The maximum absolute atomic E-state index is 13.0. The molecule has 0 aliphatic heterocycles. The van der Waals surface area contributed by atoms with Crippen LogP contribution in [0.1, 0.15) is 16.7 Å². The fourth-order valence-corrected chi connectivity index (χ4v) is 2.92. The lowest BCUT2D eigenvalue weighted by molar-refractivity contribution is -0.133. The molecule has 156 valence electrons. The van der Waals surface area contributed by atoms with Gasteiger partial charge in [-0.2, -0.15) is 5.26 Å². The van der Waals surface area contributed by atoms with Crippen molar-refractivity contribution in [1.29, 1.82) is 5.26 Å². The van der Waals surface area contributed by atoms with Gasteiger partial charge in [0.05, 0.1) is 32.3 Å². The Morgan fingerprint density at radius 3 is 2.26 bits per heavy atom.